The Hall–Kier alpha value is 1.70. The van der Waals surface area contributed by atoms with Gasteiger partial charge in [-0.1, -0.05) is 22.7 Å². The molecule has 2 aromatic rings. The second-order valence-corrected chi connectivity index (χ2v) is 5.78. The maximum absolute atomic E-state index is 10.6. The number of rotatable bonds is 3. The quantitative estimate of drug-likeness (QED) is 0.293. The number of hydrogen-bond acceptors (Lipinski definition) is 12. The van der Waals surface area contributed by atoms with E-state index in [0.29, 0.717) is 22.7 Å². The van der Waals surface area contributed by atoms with Gasteiger partial charge in [0, 0.05) is 0 Å². The molecule has 0 aliphatic rings. The third kappa shape index (κ3) is 6.55. The van der Waals surface area contributed by atoms with Crippen LogP contribution in [0.4, 0.5) is 10.3 Å². The Labute approximate surface area is 199 Å². The first-order chi connectivity index (χ1) is 7.95. The number of hydrogen-bond donors (Lipinski definition) is 0. The molecule has 0 fully saturated rings. The molecule has 2 aromatic heterocycles. The van der Waals surface area contributed by atoms with Crippen LogP contribution in [0, 0.1) is 0 Å². The van der Waals surface area contributed by atoms with Crippen LogP contribution in [-0.4, -0.2) is 33.4 Å². The molecule has 19 heavy (non-hydrogen) atoms. The molecule has 0 N–H and O–H groups in total. The molecule has 0 saturated carbocycles. The van der Waals surface area contributed by atoms with Crippen LogP contribution in [0.2, 0.25) is 0 Å². The molecule has 0 aliphatic heterocycles. The fourth-order valence-corrected chi connectivity index (χ4v) is 2.25. The van der Waals surface area contributed by atoms with Crippen LogP contribution in [0.1, 0.15) is 0 Å². The van der Waals surface area contributed by atoms with E-state index in [1.165, 1.54) is 0 Å². The molecule has 0 aromatic carbocycles. The third-order valence-electron chi connectivity index (χ3n) is 1.23. The van der Waals surface area contributed by atoms with Gasteiger partial charge in [-0.3, -0.25) is 0 Å². The average molecular weight is 370 g/mol. The van der Waals surface area contributed by atoms with Gasteiger partial charge in [0.2, 0.25) is 4.34 Å². The summed E-state index contributed by atoms with van der Waals surface area (Å²) in [6, 6.07) is 0. The van der Waals surface area contributed by atoms with Gasteiger partial charge in [0.1, 0.15) is 0 Å². The Bertz CT molecular complexity index is 668. The van der Waals surface area contributed by atoms with E-state index < -0.39 is 19.7 Å². The molecule has 0 radical (unpaired) electrons. The maximum atomic E-state index is 10.6. The zero-order valence-corrected chi connectivity index (χ0v) is 18.2. The zero-order chi connectivity index (χ0) is 12.5. The van der Waals surface area contributed by atoms with Crippen molar-refractivity contribution < 1.29 is 121 Å². The van der Waals surface area contributed by atoms with E-state index >= 15 is 0 Å². The molecule has 0 saturated heterocycles. The Kier molecular flexibility index (Phi) is 9.79. The molecule has 15 heteroatoms. The van der Waals surface area contributed by atoms with Crippen LogP contribution >= 0.6 is 22.7 Å². The van der Waals surface area contributed by atoms with E-state index in [1.54, 1.807) is 0 Å². The summed E-state index contributed by atoms with van der Waals surface area (Å²) in [6.45, 7) is 0. The minimum atomic E-state index is -4.64. The fourth-order valence-electron chi connectivity index (χ4n) is 0.672. The molecule has 90 valence electrons. The molecule has 0 amide bonds. The third-order valence-corrected chi connectivity index (χ3v) is 3.80. The van der Waals surface area contributed by atoms with Crippen molar-refractivity contribution in [3.05, 3.63) is 0 Å². The van der Waals surface area contributed by atoms with E-state index in [2.05, 4.69) is 30.6 Å². The first-order valence-electron chi connectivity index (χ1n) is 3.67. The number of aromatic nitrogens is 4. The van der Waals surface area contributed by atoms with Crippen molar-refractivity contribution in [1.82, 2.24) is 20.4 Å². The van der Waals surface area contributed by atoms with Crippen LogP contribution in [0.3, 0.4) is 0 Å². The second-order valence-electron chi connectivity index (χ2n) is 2.36. The second kappa shape index (κ2) is 8.98. The predicted octanol–water partition coefficient (Wildman–Crippen LogP) is -6.21. The van der Waals surface area contributed by atoms with E-state index in [9.17, 15) is 18.1 Å². The summed E-state index contributed by atoms with van der Waals surface area (Å²) in [6.07, 6.45) is 0. The molecular formula is C4K2N6O4S3. The summed E-state index contributed by atoms with van der Waals surface area (Å²) in [5.41, 5.74) is 0. The minimum absolute atomic E-state index is 0. The summed E-state index contributed by atoms with van der Waals surface area (Å²) in [7, 11) is -4.64. The van der Waals surface area contributed by atoms with E-state index in [-0.39, 0.29) is 113 Å². The van der Waals surface area contributed by atoms with Gasteiger partial charge in [-0.2, -0.15) is 5.10 Å². The summed E-state index contributed by atoms with van der Waals surface area (Å²) in [4.78, 5) is 0. The van der Waals surface area contributed by atoms with Gasteiger partial charge in [0.15, 0.2) is 10.1 Å². The Balaban J connectivity index is 0.00000162. The average Bonchev–Trinajstić information content (AvgIpc) is 2.82. The standard InChI is InChI=1S/C4H2N6O4S3.2K/c11-3-9-7-1(15-3)5-6-2-8-10-4(16-2)17(12,13)14;;/h(H,9,11)(H,12,13,14);;/q;2*+1/p-2/b6-5+;;. The van der Waals surface area contributed by atoms with Crippen LogP contribution in [0.25, 0.3) is 0 Å². The molecule has 2 rings (SSSR count). The molecule has 2 heterocycles. The minimum Gasteiger partial charge on any atom is -0.850 e. The first kappa shape index (κ1) is 20.7. The van der Waals surface area contributed by atoms with Crippen LogP contribution in [0.5, 0.6) is 5.19 Å². The monoisotopic (exact) mass is 370 g/mol. The largest absolute Gasteiger partial charge is 1.00 e. The van der Waals surface area contributed by atoms with E-state index in [0.717, 1.165) is 0 Å². The van der Waals surface area contributed by atoms with Crippen molar-refractivity contribution in [2.45, 2.75) is 4.34 Å². The predicted molar refractivity (Wildman–Crippen MR) is 51.4 cm³/mol. The molecule has 0 atom stereocenters. The van der Waals surface area contributed by atoms with Gasteiger partial charge >= 0.3 is 103 Å². The molecule has 0 unspecified atom stereocenters. The van der Waals surface area contributed by atoms with Gasteiger partial charge in [-0.15, -0.1) is 25.5 Å². The fraction of sp³-hybridized carbons (Fsp3) is 0. The van der Waals surface area contributed by atoms with Crippen molar-refractivity contribution >= 4 is 43.1 Å². The smallest absolute Gasteiger partial charge is 0.850 e. The van der Waals surface area contributed by atoms with E-state index in [1.807, 2.05) is 0 Å². The van der Waals surface area contributed by atoms with Crippen LogP contribution < -0.4 is 108 Å². The summed E-state index contributed by atoms with van der Waals surface area (Å²) < 4.78 is 30.9. The van der Waals surface area contributed by atoms with Gasteiger partial charge in [0.05, 0.1) is 5.19 Å². The van der Waals surface area contributed by atoms with Crippen molar-refractivity contribution in [2.24, 2.45) is 10.2 Å². The van der Waals surface area contributed by atoms with E-state index in [4.69, 9.17) is 0 Å². The molecule has 10 nitrogen and oxygen atoms in total. The van der Waals surface area contributed by atoms with Gasteiger partial charge in [-0.05, 0) is 0 Å². The van der Waals surface area contributed by atoms with Crippen molar-refractivity contribution in [1.29, 1.82) is 0 Å². The first-order valence-corrected chi connectivity index (χ1v) is 6.71. The molecule has 0 aliphatic carbocycles. The Morgan fingerprint density at radius 1 is 0.947 bits per heavy atom. The number of azo groups is 1. The SMILES string of the molecule is O=S(=O)([O-])c1nnc(/N=N/c2nnc([O-])s2)s1.[K+].[K+]. The Morgan fingerprint density at radius 3 is 1.89 bits per heavy atom. The van der Waals surface area contributed by atoms with Crippen molar-refractivity contribution in [3.8, 4) is 5.19 Å². The van der Waals surface area contributed by atoms with Crippen LogP contribution in [0.15, 0.2) is 14.6 Å². The molecule has 0 spiro atoms. The van der Waals surface area contributed by atoms with Gasteiger partial charge in [0.25, 0.3) is 10.3 Å². The van der Waals surface area contributed by atoms with Crippen LogP contribution in [-0.2, 0) is 10.1 Å². The normalized spacial score (nSPS) is 11.0. The summed E-state index contributed by atoms with van der Waals surface area (Å²) in [5, 5.41) is 29.8. The Morgan fingerprint density at radius 2 is 1.47 bits per heavy atom. The van der Waals surface area contributed by atoms with Gasteiger partial charge in [-0.25, -0.2) is 8.42 Å². The van der Waals surface area contributed by atoms with Crippen molar-refractivity contribution in [2.75, 3.05) is 0 Å². The molecule has 0 bridgehead atoms. The van der Waals surface area contributed by atoms with Gasteiger partial charge < -0.3 is 9.66 Å². The number of nitrogens with zero attached hydrogens (tertiary/aromatic N) is 6. The summed E-state index contributed by atoms with van der Waals surface area (Å²) >= 11 is 1.12. The molecular weight excluding hydrogens is 370 g/mol. The zero-order valence-electron chi connectivity index (χ0n) is 9.54. The maximum Gasteiger partial charge on any atom is 1.00 e. The topological polar surface area (TPSA) is 157 Å². The van der Waals surface area contributed by atoms with Crippen molar-refractivity contribution in [3.63, 3.8) is 0 Å². The summed E-state index contributed by atoms with van der Waals surface area (Å²) in [5.74, 6) is 0.